The Labute approximate surface area is 142 Å². The number of H-pyrrole nitrogens is 1. The van der Waals surface area contributed by atoms with Crippen LogP contribution in [0, 0.1) is 0 Å². The first-order valence-electron chi connectivity index (χ1n) is 8.82. The maximum absolute atomic E-state index is 12.1. The van der Waals surface area contributed by atoms with E-state index in [4.69, 9.17) is 0 Å². The molecule has 4 rings (SSSR count). The molecule has 1 saturated heterocycles. The zero-order valence-corrected chi connectivity index (χ0v) is 14.4. The number of aromatic nitrogens is 2. The first kappa shape index (κ1) is 16.5. The average molecular weight is 323 g/mol. The Hall–Kier alpha value is -2.33. The molecule has 24 heavy (non-hydrogen) atoms. The fraction of sp³-hybridized carbons (Fsp3) is 0.350. The first-order chi connectivity index (χ1) is 11.8. The van der Waals surface area contributed by atoms with Crippen LogP contribution in [-0.2, 0) is 0 Å². The van der Waals surface area contributed by atoms with Gasteiger partial charge >= 0.3 is 0 Å². The molecule has 0 aliphatic carbocycles. The van der Waals surface area contributed by atoms with Crippen molar-refractivity contribution in [3.05, 3.63) is 64.7 Å². The van der Waals surface area contributed by atoms with E-state index in [1.54, 1.807) is 0 Å². The maximum atomic E-state index is 12.1. The van der Waals surface area contributed by atoms with Gasteiger partial charge in [-0.3, -0.25) is 4.79 Å². The second-order valence-electron chi connectivity index (χ2n) is 5.94. The van der Waals surface area contributed by atoms with Crippen LogP contribution in [-0.4, -0.2) is 22.5 Å². The normalized spacial score (nSPS) is 15.1. The summed E-state index contributed by atoms with van der Waals surface area (Å²) in [4.78, 5) is 15.0. The van der Waals surface area contributed by atoms with Crippen molar-refractivity contribution in [2.75, 3.05) is 13.1 Å². The number of fused-ring (bicyclic) bond motifs is 1. The standard InChI is InChI=1S/C18H19N3O.C2H6/c22-18-17-2-1-11-21(17)12-16(20-18)15-5-3-13(4-6-15)14-7-9-19-10-8-14;1-2/h1-6,11-12,14,19H,7-10H2,(H,20,22);1-2H3. The summed E-state index contributed by atoms with van der Waals surface area (Å²) in [7, 11) is 0. The van der Waals surface area contributed by atoms with Crippen LogP contribution in [0.1, 0.15) is 38.2 Å². The Morgan fingerprint density at radius 2 is 1.75 bits per heavy atom. The van der Waals surface area contributed by atoms with Crippen molar-refractivity contribution in [3.8, 4) is 11.3 Å². The Bertz CT molecular complexity index is 839. The minimum atomic E-state index is -0.0510. The molecule has 3 aromatic rings. The van der Waals surface area contributed by atoms with Crippen molar-refractivity contribution in [1.29, 1.82) is 0 Å². The number of piperidine rings is 1. The van der Waals surface area contributed by atoms with Crippen molar-refractivity contribution >= 4 is 5.52 Å². The van der Waals surface area contributed by atoms with Gasteiger partial charge in [-0.25, -0.2) is 0 Å². The number of aromatic amines is 1. The predicted octanol–water partition coefficient (Wildman–Crippen LogP) is 3.79. The largest absolute Gasteiger partial charge is 0.319 e. The highest BCUT2D eigenvalue weighted by atomic mass is 16.1. The van der Waals surface area contributed by atoms with Crippen molar-refractivity contribution in [2.45, 2.75) is 32.6 Å². The lowest BCUT2D eigenvalue weighted by atomic mass is 9.89. The molecule has 1 aliphatic heterocycles. The van der Waals surface area contributed by atoms with Crippen LogP contribution in [0.25, 0.3) is 16.8 Å². The van der Waals surface area contributed by atoms with Crippen LogP contribution in [0.2, 0.25) is 0 Å². The summed E-state index contributed by atoms with van der Waals surface area (Å²) in [6, 6.07) is 12.3. The second kappa shape index (κ2) is 7.49. The lowest BCUT2D eigenvalue weighted by molar-refractivity contribution is 0.460. The highest BCUT2D eigenvalue weighted by molar-refractivity contribution is 5.61. The van der Waals surface area contributed by atoms with Gasteiger partial charge in [-0.05, 0) is 55.1 Å². The molecule has 0 spiro atoms. The van der Waals surface area contributed by atoms with Gasteiger partial charge in [-0.15, -0.1) is 0 Å². The zero-order valence-electron chi connectivity index (χ0n) is 14.4. The van der Waals surface area contributed by atoms with E-state index in [9.17, 15) is 4.79 Å². The highest BCUT2D eigenvalue weighted by Gasteiger charge is 2.15. The molecule has 0 saturated carbocycles. The third kappa shape index (κ3) is 3.29. The topological polar surface area (TPSA) is 49.3 Å². The highest BCUT2D eigenvalue weighted by Crippen LogP contribution is 2.27. The fourth-order valence-corrected chi connectivity index (χ4v) is 3.29. The van der Waals surface area contributed by atoms with E-state index in [1.165, 1.54) is 18.4 Å². The third-order valence-electron chi connectivity index (χ3n) is 4.56. The fourth-order valence-electron chi connectivity index (χ4n) is 3.29. The van der Waals surface area contributed by atoms with Gasteiger partial charge in [0.25, 0.3) is 5.56 Å². The van der Waals surface area contributed by atoms with E-state index in [0.717, 1.165) is 24.3 Å². The van der Waals surface area contributed by atoms with E-state index in [-0.39, 0.29) is 5.56 Å². The molecular weight excluding hydrogens is 298 g/mol. The molecule has 4 heteroatoms. The van der Waals surface area contributed by atoms with Crippen LogP contribution < -0.4 is 10.9 Å². The lowest BCUT2D eigenvalue weighted by Crippen LogP contribution is -2.26. The summed E-state index contributed by atoms with van der Waals surface area (Å²) < 4.78 is 1.87. The summed E-state index contributed by atoms with van der Waals surface area (Å²) in [5, 5.41) is 3.40. The van der Waals surface area contributed by atoms with Crippen molar-refractivity contribution in [2.24, 2.45) is 0 Å². The van der Waals surface area contributed by atoms with Crippen LogP contribution in [0.4, 0.5) is 0 Å². The van der Waals surface area contributed by atoms with Gasteiger partial charge in [0.05, 0.1) is 5.69 Å². The maximum Gasteiger partial charge on any atom is 0.272 e. The van der Waals surface area contributed by atoms with Crippen LogP contribution in [0.5, 0.6) is 0 Å². The van der Waals surface area contributed by atoms with Crippen LogP contribution >= 0.6 is 0 Å². The van der Waals surface area contributed by atoms with Gasteiger partial charge in [-0.2, -0.15) is 0 Å². The molecule has 0 radical (unpaired) electrons. The van der Waals surface area contributed by atoms with E-state index in [2.05, 4.69) is 34.6 Å². The number of nitrogens with zero attached hydrogens (tertiary/aromatic N) is 1. The summed E-state index contributed by atoms with van der Waals surface area (Å²) >= 11 is 0. The van der Waals surface area contributed by atoms with Gasteiger partial charge in [0.15, 0.2) is 0 Å². The molecule has 4 nitrogen and oxygen atoms in total. The molecule has 0 atom stereocenters. The molecule has 1 fully saturated rings. The number of hydrogen-bond acceptors (Lipinski definition) is 2. The zero-order chi connectivity index (χ0) is 16.9. The molecule has 2 aromatic heterocycles. The van der Waals surface area contributed by atoms with Crippen molar-refractivity contribution in [1.82, 2.24) is 14.7 Å². The van der Waals surface area contributed by atoms with Gasteiger partial charge in [-0.1, -0.05) is 38.1 Å². The van der Waals surface area contributed by atoms with E-state index in [0.29, 0.717) is 11.4 Å². The molecule has 1 aromatic carbocycles. The Balaban J connectivity index is 0.000000815. The molecule has 3 heterocycles. The molecule has 1 aliphatic rings. The number of benzene rings is 1. The molecule has 0 bridgehead atoms. The lowest BCUT2D eigenvalue weighted by Gasteiger charge is -2.23. The van der Waals surface area contributed by atoms with E-state index >= 15 is 0 Å². The smallest absolute Gasteiger partial charge is 0.272 e. The summed E-state index contributed by atoms with van der Waals surface area (Å²) in [6.45, 7) is 6.20. The van der Waals surface area contributed by atoms with Gasteiger partial charge in [0.2, 0.25) is 0 Å². The monoisotopic (exact) mass is 323 g/mol. The number of hydrogen-bond donors (Lipinski definition) is 2. The summed E-state index contributed by atoms with van der Waals surface area (Å²) in [5.41, 5.74) is 3.92. The quantitative estimate of drug-likeness (QED) is 0.754. The summed E-state index contributed by atoms with van der Waals surface area (Å²) in [6.07, 6.45) is 6.27. The van der Waals surface area contributed by atoms with E-state index < -0.39 is 0 Å². The molecule has 126 valence electrons. The third-order valence-corrected chi connectivity index (χ3v) is 4.56. The Kier molecular flexibility index (Phi) is 5.16. The molecular formula is C20H25N3O. The Morgan fingerprint density at radius 3 is 2.46 bits per heavy atom. The van der Waals surface area contributed by atoms with Crippen molar-refractivity contribution < 1.29 is 0 Å². The molecule has 0 unspecified atom stereocenters. The average Bonchev–Trinajstić information content (AvgIpc) is 3.14. The minimum absolute atomic E-state index is 0.0510. The van der Waals surface area contributed by atoms with Gasteiger partial charge in [0, 0.05) is 12.4 Å². The second-order valence-corrected chi connectivity index (χ2v) is 5.94. The van der Waals surface area contributed by atoms with Crippen molar-refractivity contribution in [3.63, 3.8) is 0 Å². The SMILES string of the molecule is CC.O=c1[nH]c(-c2ccc(C3CCNCC3)cc2)cn2cccc12. The van der Waals surface area contributed by atoms with Gasteiger partial charge in [0.1, 0.15) is 5.52 Å². The Morgan fingerprint density at radius 1 is 1.04 bits per heavy atom. The number of rotatable bonds is 2. The van der Waals surface area contributed by atoms with E-state index in [1.807, 2.05) is 42.8 Å². The number of nitrogens with one attached hydrogen (secondary N) is 2. The van der Waals surface area contributed by atoms with Crippen LogP contribution in [0.3, 0.4) is 0 Å². The van der Waals surface area contributed by atoms with Crippen LogP contribution in [0.15, 0.2) is 53.6 Å². The van der Waals surface area contributed by atoms with Gasteiger partial charge < -0.3 is 14.7 Å². The molecule has 0 amide bonds. The summed E-state index contributed by atoms with van der Waals surface area (Å²) in [5.74, 6) is 0.654. The molecule has 2 N–H and O–H groups in total. The predicted molar refractivity (Wildman–Crippen MR) is 99.6 cm³/mol. The minimum Gasteiger partial charge on any atom is -0.319 e. The first-order valence-corrected chi connectivity index (χ1v) is 8.82.